The molecule has 2 aromatic rings. The molecule has 0 radical (unpaired) electrons. The minimum atomic E-state index is 0. The van der Waals surface area contributed by atoms with Crippen LogP contribution in [0.15, 0.2) is 35.5 Å². The molecule has 0 saturated carbocycles. The van der Waals surface area contributed by atoms with Gasteiger partial charge >= 0.3 is 0 Å². The summed E-state index contributed by atoms with van der Waals surface area (Å²) in [6.07, 6.45) is 2.85. The number of benzene rings is 1. The van der Waals surface area contributed by atoms with Crippen molar-refractivity contribution < 1.29 is 0 Å². The quantitative estimate of drug-likeness (QED) is 0.349. The molecule has 5 nitrogen and oxygen atoms in total. The summed E-state index contributed by atoms with van der Waals surface area (Å²) in [5, 5.41) is 7.90. The van der Waals surface area contributed by atoms with Gasteiger partial charge in [-0.1, -0.05) is 12.1 Å². The molecular formula is C19H28IN5S2. The largest absolute Gasteiger partial charge is 0.370 e. The number of thioether (sulfide) groups is 1. The van der Waals surface area contributed by atoms with Crippen LogP contribution in [0.5, 0.6) is 0 Å². The number of halogens is 1. The SMILES string of the molecule is CN=C(NCCc1ncc(C)s1)NCc1ccc(N2CCSCC2)cc1.I. The Bertz CT molecular complexity index is 711. The number of aryl methyl sites for hydroxylation is 1. The van der Waals surface area contributed by atoms with Gasteiger partial charge in [0.05, 0.1) is 5.01 Å². The number of anilines is 1. The van der Waals surface area contributed by atoms with Crippen LogP contribution in [0.3, 0.4) is 0 Å². The summed E-state index contributed by atoms with van der Waals surface area (Å²) in [6, 6.07) is 8.87. The molecule has 1 aromatic heterocycles. The third kappa shape index (κ3) is 7.15. The normalized spacial score (nSPS) is 14.6. The summed E-state index contributed by atoms with van der Waals surface area (Å²) < 4.78 is 0. The highest BCUT2D eigenvalue weighted by atomic mass is 127. The summed E-state index contributed by atoms with van der Waals surface area (Å²) in [5.41, 5.74) is 2.59. The maximum absolute atomic E-state index is 4.39. The van der Waals surface area contributed by atoms with Crippen molar-refractivity contribution in [2.45, 2.75) is 19.9 Å². The van der Waals surface area contributed by atoms with E-state index in [1.165, 1.54) is 27.6 Å². The zero-order valence-corrected chi connectivity index (χ0v) is 19.9. The summed E-state index contributed by atoms with van der Waals surface area (Å²) in [7, 11) is 1.81. The monoisotopic (exact) mass is 517 g/mol. The first-order valence-corrected chi connectivity index (χ1v) is 11.0. The maximum Gasteiger partial charge on any atom is 0.191 e. The Morgan fingerprint density at radius 3 is 2.56 bits per heavy atom. The molecule has 1 aromatic carbocycles. The fourth-order valence-corrected chi connectivity index (χ4v) is 4.55. The van der Waals surface area contributed by atoms with Gasteiger partial charge in [0.1, 0.15) is 0 Å². The van der Waals surface area contributed by atoms with E-state index in [-0.39, 0.29) is 24.0 Å². The predicted octanol–water partition coefficient (Wildman–Crippen LogP) is 3.53. The van der Waals surface area contributed by atoms with Gasteiger partial charge in [-0.2, -0.15) is 11.8 Å². The molecule has 148 valence electrons. The number of thiazole rings is 1. The van der Waals surface area contributed by atoms with Crippen LogP contribution in [0.4, 0.5) is 5.69 Å². The molecule has 2 heterocycles. The predicted molar refractivity (Wildman–Crippen MR) is 130 cm³/mol. The van der Waals surface area contributed by atoms with Crippen LogP contribution in [-0.4, -0.2) is 49.1 Å². The highest BCUT2D eigenvalue weighted by molar-refractivity contribution is 14.0. The topological polar surface area (TPSA) is 52.6 Å². The second kappa shape index (κ2) is 11.8. The van der Waals surface area contributed by atoms with Crippen LogP contribution in [-0.2, 0) is 13.0 Å². The molecule has 0 bridgehead atoms. The first kappa shape index (κ1) is 22.3. The van der Waals surface area contributed by atoms with Gasteiger partial charge in [-0.15, -0.1) is 35.3 Å². The van der Waals surface area contributed by atoms with Crippen LogP contribution in [0.1, 0.15) is 15.4 Å². The number of hydrogen-bond donors (Lipinski definition) is 2. The van der Waals surface area contributed by atoms with Crippen molar-refractivity contribution in [3.05, 3.63) is 45.9 Å². The number of aliphatic imine (C=N–C) groups is 1. The van der Waals surface area contributed by atoms with Gasteiger partial charge in [-0.3, -0.25) is 4.99 Å². The lowest BCUT2D eigenvalue weighted by Gasteiger charge is -2.28. The molecular weight excluding hydrogens is 489 g/mol. The lowest BCUT2D eigenvalue weighted by atomic mass is 10.2. The fourth-order valence-electron chi connectivity index (χ4n) is 2.86. The average Bonchev–Trinajstić information content (AvgIpc) is 3.11. The van der Waals surface area contributed by atoms with Crippen molar-refractivity contribution in [1.29, 1.82) is 0 Å². The van der Waals surface area contributed by atoms with Crippen molar-refractivity contribution in [2.75, 3.05) is 43.1 Å². The van der Waals surface area contributed by atoms with E-state index in [1.54, 1.807) is 18.4 Å². The Morgan fingerprint density at radius 2 is 1.93 bits per heavy atom. The van der Waals surface area contributed by atoms with Gasteiger partial charge in [0, 0.05) is 67.9 Å². The first-order valence-electron chi connectivity index (χ1n) is 9.02. The summed E-state index contributed by atoms with van der Waals surface area (Å²) in [6.45, 7) is 5.99. The summed E-state index contributed by atoms with van der Waals surface area (Å²) in [5.74, 6) is 3.29. The van der Waals surface area contributed by atoms with Gasteiger partial charge in [-0.25, -0.2) is 4.98 Å². The third-order valence-electron chi connectivity index (χ3n) is 4.30. The van der Waals surface area contributed by atoms with Crippen LogP contribution in [0.2, 0.25) is 0 Å². The van der Waals surface area contributed by atoms with E-state index >= 15 is 0 Å². The Morgan fingerprint density at radius 1 is 1.19 bits per heavy atom. The molecule has 0 aliphatic carbocycles. The molecule has 1 aliphatic heterocycles. The zero-order chi connectivity index (χ0) is 18.2. The second-order valence-electron chi connectivity index (χ2n) is 6.23. The molecule has 3 rings (SSSR count). The summed E-state index contributed by atoms with van der Waals surface area (Å²) >= 11 is 3.79. The van der Waals surface area contributed by atoms with E-state index in [9.17, 15) is 0 Å². The van der Waals surface area contributed by atoms with Crippen LogP contribution >= 0.6 is 47.1 Å². The lowest BCUT2D eigenvalue weighted by molar-refractivity contribution is 0.791. The smallest absolute Gasteiger partial charge is 0.191 e. The first-order chi connectivity index (χ1) is 12.7. The van der Waals surface area contributed by atoms with Crippen molar-refractivity contribution >= 4 is 58.7 Å². The fraction of sp³-hybridized carbons (Fsp3) is 0.474. The molecule has 0 spiro atoms. The van der Waals surface area contributed by atoms with Gasteiger partial charge in [0.15, 0.2) is 5.96 Å². The van der Waals surface area contributed by atoms with Crippen LogP contribution in [0.25, 0.3) is 0 Å². The number of nitrogens with one attached hydrogen (secondary N) is 2. The highest BCUT2D eigenvalue weighted by Crippen LogP contribution is 2.19. The Hall–Kier alpha value is -1.000. The van der Waals surface area contributed by atoms with Crippen molar-refractivity contribution in [2.24, 2.45) is 4.99 Å². The molecule has 1 aliphatic rings. The minimum absolute atomic E-state index is 0. The molecule has 27 heavy (non-hydrogen) atoms. The summed E-state index contributed by atoms with van der Waals surface area (Å²) in [4.78, 5) is 12.4. The van der Waals surface area contributed by atoms with E-state index < -0.39 is 0 Å². The van der Waals surface area contributed by atoms with E-state index in [4.69, 9.17) is 0 Å². The molecule has 2 N–H and O–H groups in total. The van der Waals surface area contributed by atoms with Gasteiger partial charge in [0.2, 0.25) is 0 Å². The Labute approximate surface area is 187 Å². The lowest BCUT2D eigenvalue weighted by Crippen LogP contribution is -2.37. The standard InChI is InChI=1S/C19H27N5S2.HI/c1-15-13-22-18(26-15)7-8-21-19(20-2)23-14-16-3-5-17(6-4-16)24-9-11-25-12-10-24;/h3-6,13H,7-12,14H2,1-2H3,(H2,20,21,23);1H. The van der Waals surface area contributed by atoms with Gasteiger partial charge in [-0.05, 0) is 24.6 Å². The van der Waals surface area contributed by atoms with E-state index in [0.29, 0.717) is 0 Å². The molecule has 1 fully saturated rings. The molecule has 0 unspecified atom stereocenters. The van der Waals surface area contributed by atoms with Crippen molar-refractivity contribution in [3.63, 3.8) is 0 Å². The molecule has 0 atom stereocenters. The molecule has 0 amide bonds. The van der Waals surface area contributed by atoms with E-state index in [0.717, 1.165) is 43.6 Å². The van der Waals surface area contributed by atoms with Gasteiger partial charge < -0.3 is 15.5 Å². The average molecular weight is 518 g/mol. The van der Waals surface area contributed by atoms with E-state index in [1.807, 2.05) is 18.0 Å². The Kier molecular flexibility index (Phi) is 9.70. The number of guanidine groups is 1. The highest BCUT2D eigenvalue weighted by Gasteiger charge is 2.10. The maximum atomic E-state index is 4.39. The number of hydrogen-bond acceptors (Lipinski definition) is 5. The molecule has 1 saturated heterocycles. The van der Waals surface area contributed by atoms with Crippen molar-refractivity contribution in [3.8, 4) is 0 Å². The van der Waals surface area contributed by atoms with E-state index in [2.05, 4.69) is 56.7 Å². The zero-order valence-electron chi connectivity index (χ0n) is 15.9. The number of nitrogens with zero attached hydrogens (tertiary/aromatic N) is 3. The van der Waals surface area contributed by atoms with Crippen LogP contribution < -0.4 is 15.5 Å². The Balaban J connectivity index is 0.00000261. The third-order valence-corrected chi connectivity index (χ3v) is 6.21. The van der Waals surface area contributed by atoms with Crippen LogP contribution in [0, 0.1) is 6.92 Å². The van der Waals surface area contributed by atoms with Gasteiger partial charge in [0.25, 0.3) is 0 Å². The number of aromatic nitrogens is 1. The number of rotatable bonds is 6. The van der Waals surface area contributed by atoms with Crippen molar-refractivity contribution in [1.82, 2.24) is 15.6 Å². The minimum Gasteiger partial charge on any atom is -0.370 e. The molecule has 8 heteroatoms. The second-order valence-corrected chi connectivity index (χ2v) is 8.78.